The third kappa shape index (κ3) is 9.84. The quantitative estimate of drug-likeness (QED) is 0.0308. The van der Waals surface area contributed by atoms with Crippen molar-refractivity contribution in [3.05, 3.63) is 48.5 Å². The molecule has 0 aliphatic carbocycles. The molecule has 6 aromatic rings. The van der Waals surface area contributed by atoms with Crippen molar-refractivity contribution in [2.24, 2.45) is 40.9 Å². The Morgan fingerprint density at radius 1 is 0.382 bits per heavy atom. The van der Waals surface area contributed by atoms with Gasteiger partial charge in [-0.15, -0.1) is 10.2 Å². The highest BCUT2D eigenvalue weighted by Crippen LogP contribution is 2.58. The second-order valence-electron chi connectivity index (χ2n) is 13.6. The van der Waals surface area contributed by atoms with Crippen molar-refractivity contribution in [3.63, 3.8) is 0 Å². The summed E-state index contributed by atoms with van der Waals surface area (Å²) < 4.78 is 198. The first-order chi connectivity index (χ1) is 31.1. The highest BCUT2D eigenvalue weighted by molar-refractivity contribution is 8.20. The van der Waals surface area contributed by atoms with E-state index in [2.05, 4.69) is 40.9 Å². The van der Waals surface area contributed by atoms with Crippen LogP contribution in [0.5, 0.6) is 11.5 Å². The van der Waals surface area contributed by atoms with Crippen molar-refractivity contribution in [1.29, 1.82) is 0 Å². The van der Waals surface area contributed by atoms with Crippen molar-refractivity contribution in [1.82, 2.24) is 0 Å². The Balaban J connectivity index is 1.61. The van der Waals surface area contributed by atoms with Crippen LogP contribution in [0.25, 0.3) is 32.3 Å². The van der Waals surface area contributed by atoms with Gasteiger partial charge in [-0.05, 0) is 59.3 Å². The van der Waals surface area contributed by atoms with E-state index < -0.39 is 182 Å². The molecule has 0 fully saturated rings. The molecule has 18 N–H and O–H groups in total. The van der Waals surface area contributed by atoms with Crippen LogP contribution in [0.3, 0.4) is 0 Å². The molecular weight excluding hydrogens is 1040 g/mol. The molecule has 0 aliphatic rings. The van der Waals surface area contributed by atoms with E-state index in [-0.39, 0.29) is 0 Å². The number of nitrogens with two attached hydrogens (primary N) is 2. The topological polar surface area (TPSA) is 537 Å². The van der Waals surface area contributed by atoms with Crippen LogP contribution >= 0.6 is 32.6 Å². The Hall–Kier alpha value is -5.88. The van der Waals surface area contributed by atoms with E-state index in [1.54, 1.807) is 0 Å². The molecule has 6 aromatic carbocycles. The molecule has 0 atom stereocenters. The first-order valence-corrected chi connectivity index (χ1v) is 26.2. The molecule has 0 aliphatic heterocycles. The summed E-state index contributed by atoms with van der Waals surface area (Å²) in [5, 5.41) is 47.6. The molecule has 6 rings (SSSR count). The average Bonchev–Trinajstić information content (AvgIpc) is 3.18. The van der Waals surface area contributed by atoms with Gasteiger partial charge in [-0.25, -0.2) is 0 Å². The van der Waals surface area contributed by atoms with Crippen LogP contribution < -0.4 is 11.5 Å². The Bertz CT molecular complexity index is 3630. The summed E-state index contributed by atoms with van der Waals surface area (Å²) >= 11 is 0. The number of rotatable bonds is 12. The molecule has 0 amide bonds. The summed E-state index contributed by atoms with van der Waals surface area (Å²) in [5.41, 5.74) is 5.98. The number of azo groups is 4. The van der Waals surface area contributed by atoms with Gasteiger partial charge >= 0.3 is 0 Å². The van der Waals surface area contributed by atoms with Crippen LogP contribution in [0.4, 0.5) is 45.5 Å². The van der Waals surface area contributed by atoms with E-state index in [9.17, 15) is 90.1 Å². The number of hydrogen-bond donors (Lipinski definition) is 16. The third-order valence-corrected chi connectivity index (χ3v) is 14.6. The number of hydrogen-bond acceptors (Lipinski definition) is 27. The van der Waals surface area contributed by atoms with E-state index in [0.29, 0.717) is 30.3 Å². The molecule has 0 radical (unpaired) electrons. The number of nitrogen functional groups attached to an aromatic ring is 2. The van der Waals surface area contributed by atoms with Crippen LogP contribution in [0.2, 0.25) is 0 Å². The molecule has 36 heteroatoms. The van der Waals surface area contributed by atoms with Gasteiger partial charge in [0.2, 0.25) is 0 Å². The summed E-state index contributed by atoms with van der Waals surface area (Å²) in [5.74, 6) is -2.09. The maximum Gasteiger partial charge on any atom is 0.296 e. The van der Waals surface area contributed by atoms with Crippen molar-refractivity contribution >= 4 is 141 Å². The SMILES string of the molecule is CN=Nc1c(S(O)(O)O)cc2cc(S(=O)(=O)O)c(N=Nc3cc(S(O)(O)O)c4cc(N=Nc5c(S(O)(O)O)cc6cc(S(=O)(=O)O)c(N=NC)c(O)c6c5N)cc(S(=O)(=O)O)c4c3)c(N)c2c1O. The fourth-order valence-corrected chi connectivity index (χ4v) is 10.7. The molecule has 68 heavy (non-hydrogen) atoms. The first-order valence-electron chi connectivity index (χ1n) is 17.3. The predicted molar refractivity (Wildman–Crippen MR) is 244 cm³/mol. The monoisotopic (exact) mass is 1070 g/mol. The number of fused-ring (bicyclic) bond motifs is 3. The Morgan fingerprint density at radius 2 is 0.691 bits per heavy atom. The van der Waals surface area contributed by atoms with E-state index in [4.69, 9.17) is 11.5 Å². The minimum Gasteiger partial charge on any atom is -0.505 e. The summed E-state index contributed by atoms with van der Waals surface area (Å²) in [6, 6.07) is 5.48. The Kier molecular flexibility index (Phi) is 13.3. The lowest BCUT2D eigenvalue weighted by Gasteiger charge is -2.23. The van der Waals surface area contributed by atoms with Crippen LogP contribution in [0.1, 0.15) is 0 Å². The van der Waals surface area contributed by atoms with Crippen LogP contribution in [-0.4, -0.2) is 104 Å². The number of nitrogens with zero attached hydrogens (tertiary/aromatic N) is 8. The van der Waals surface area contributed by atoms with Crippen LogP contribution in [0.15, 0.2) is 119 Å². The highest BCUT2D eigenvalue weighted by atomic mass is 32.3. The van der Waals surface area contributed by atoms with Crippen molar-refractivity contribution in [3.8, 4) is 11.5 Å². The molecule has 0 bridgehead atoms. The molecule has 30 nitrogen and oxygen atoms in total. The molecule has 366 valence electrons. The summed E-state index contributed by atoms with van der Waals surface area (Å²) in [6.07, 6.45) is 0. The maximum atomic E-state index is 12.9. The van der Waals surface area contributed by atoms with Gasteiger partial charge in [0.25, 0.3) is 30.4 Å². The van der Waals surface area contributed by atoms with Crippen molar-refractivity contribution in [2.45, 2.75) is 29.4 Å². The van der Waals surface area contributed by atoms with Gasteiger partial charge in [0.1, 0.15) is 70.0 Å². The van der Waals surface area contributed by atoms with Gasteiger partial charge in [0.15, 0.2) is 11.5 Å². The third-order valence-electron chi connectivity index (χ3n) is 9.24. The summed E-state index contributed by atoms with van der Waals surface area (Å²) in [6.45, 7) is 0. The lowest BCUT2D eigenvalue weighted by atomic mass is 10.1. The minimum atomic E-state index is -5.47. The lowest BCUT2D eigenvalue weighted by Crippen LogP contribution is -2.03. The van der Waals surface area contributed by atoms with E-state index in [0.717, 1.165) is 32.3 Å². The van der Waals surface area contributed by atoms with E-state index in [1.165, 1.54) is 0 Å². The van der Waals surface area contributed by atoms with Gasteiger partial charge < -0.3 is 62.7 Å². The number of benzene rings is 6. The highest BCUT2D eigenvalue weighted by Gasteiger charge is 2.32. The number of phenols is 2. The number of anilines is 2. The van der Waals surface area contributed by atoms with Gasteiger partial charge in [-0.2, -0.15) is 55.9 Å². The smallest absolute Gasteiger partial charge is 0.296 e. The Morgan fingerprint density at radius 3 is 1.06 bits per heavy atom. The van der Waals surface area contributed by atoms with Gasteiger partial charge in [0, 0.05) is 24.9 Å². The van der Waals surface area contributed by atoms with Gasteiger partial charge in [-0.3, -0.25) is 13.7 Å². The summed E-state index contributed by atoms with van der Waals surface area (Å²) in [4.78, 5) is -6.21. The molecule has 0 spiro atoms. The number of phenolic OH excluding ortho intramolecular Hbond substituents is 2. The second kappa shape index (κ2) is 17.6. The molecule has 0 aromatic heterocycles. The number of aromatic hydroxyl groups is 2. The minimum absolute atomic E-state index is 0.455. The largest absolute Gasteiger partial charge is 0.505 e. The molecule has 0 saturated carbocycles. The Labute approximate surface area is 384 Å². The lowest BCUT2D eigenvalue weighted by molar-refractivity contribution is 0.373. The molecule has 0 saturated heterocycles. The van der Waals surface area contributed by atoms with E-state index in [1.807, 2.05) is 0 Å². The van der Waals surface area contributed by atoms with Crippen molar-refractivity contribution in [2.75, 3.05) is 25.6 Å². The summed E-state index contributed by atoms with van der Waals surface area (Å²) in [7, 11) is -28.5. The zero-order valence-electron chi connectivity index (χ0n) is 33.5. The molecular formula is C32H32N10O20S6. The van der Waals surface area contributed by atoms with E-state index >= 15 is 0 Å². The molecule has 0 unspecified atom stereocenters. The normalized spacial score (nSPS) is 14.5. The second-order valence-corrected chi connectivity index (χ2v) is 22.2. The first kappa shape index (κ1) is 51.5. The fourth-order valence-electron chi connectivity index (χ4n) is 6.57. The predicted octanol–water partition coefficient (Wildman–Crippen LogP) is 9.47. The van der Waals surface area contributed by atoms with Crippen LogP contribution in [0, 0.1) is 0 Å². The van der Waals surface area contributed by atoms with Gasteiger partial charge in [0.05, 0.1) is 48.2 Å². The maximum absolute atomic E-state index is 12.9. The van der Waals surface area contributed by atoms with Crippen LogP contribution in [-0.2, 0) is 30.4 Å². The zero-order valence-corrected chi connectivity index (χ0v) is 38.4. The average molecular weight is 1070 g/mol. The van der Waals surface area contributed by atoms with Crippen molar-refractivity contribution < 1.29 is 90.1 Å². The standard InChI is InChI=1S/C32H32N10O20S6/c1-35-39-29-21(67(57,58)59)5-11-3-19(65(51,52)53)27(25(33)23(11)31(29)43)41-37-13-7-15-16(17(9-13)63(45,46)47)8-14(10-18(15)64(48,49)50)38-42-28-20(66(54,55)56)4-12-6-22(68(60,61)62)30(40-36-2)32(44)24(12)26(28)34/h3-10,43-47,54-59H,33-34H2,1-2H3,(H,48,49,50)(H,51,52,53)(H,60,61,62). The zero-order chi connectivity index (χ0) is 51.0. The molecule has 0 heterocycles. The van der Waals surface area contributed by atoms with Gasteiger partial charge in [-0.1, -0.05) is 0 Å². The fraction of sp³-hybridized carbons (Fsp3) is 0.0625.